The summed E-state index contributed by atoms with van der Waals surface area (Å²) in [7, 11) is 0. The standard InChI is InChI=1S/C8H10FNO2/c1-5-2-7(11)3-6(4-10-12)8(5)9/h2-3,10-12H,4H2,1H3. The first-order valence-electron chi connectivity index (χ1n) is 3.50. The molecule has 4 heteroatoms. The third-order valence-electron chi connectivity index (χ3n) is 1.58. The summed E-state index contributed by atoms with van der Waals surface area (Å²) >= 11 is 0. The van der Waals surface area contributed by atoms with Crippen molar-refractivity contribution in [3.8, 4) is 5.75 Å². The Labute approximate surface area is 69.4 Å². The Morgan fingerprint density at radius 2 is 2.17 bits per heavy atom. The van der Waals surface area contributed by atoms with E-state index in [9.17, 15) is 4.39 Å². The largest absolute Gasteiger partial charge is 0.508 e. The van der Waals surface area contributed by atoms with E-state index in [1.54, 1.807) is 6.92 Å². The summed E-state index contributed by atoms with van der Waals surface area (Å²) in [5, 5.41) is 17.4. The summed E-state index contributed by atoms with van der Waals surface area (Å²) in [6.45, 7) is 1.54. The lowest BCUT2D eigenvalue weighted by Crippen LogP contribution is -2.08. The molecular weight excluding hydrogens is 161 g/mol. The van der Waals surface area contributed by atoms with Crippen molar-refractivity contribution in [1.29, 1.82) is 0 Å². The highest BCUT2D eigenvalue weighted by molar-refractivity contribution is 5.34. The predicted molar refractivity (Wildman–Crippen MR) is 41.4 cm³/mol. The van der Waals surface area contributed by atoms with Gasteiger partial charge in [0.15, 0.2) is 0 Å². The molecule has 3 N–H and O–H groups in total. The maximum absolute atomic E-state index is 13.1. The molecule has 66 valence electrons. The molecule has 0 saturated heterocycles. The molecule has 12 heavy (non-hydrogen) atoms. The topological polar surface area (TPSA) is 52.5 Å². The zero-order valence-corrected chi connectivity index (χ0v) is 6.63. The first-order chi connectivity index (χ1) is 5.65. The second-order valence-corrected chi connectivity index (χ2v) is 2.57. The van der Waals surface area contributed by atoms with E-state index in [1.807, 2.05) is 5.48 Å². The van der Waals surface area contributed by atoms with Crippen LogP contribution in [0.3, 0.4) is 0 Å². The molecule has 0 unspecified atom stereocenters. The van der Waals surface area contributed by atoms with E-state index in [1.165, 1.54) is 12.1 Å². The summed E-state index contributed by atoms with van der Waals surface area (Å²) in [6.07, 6.45) is 0. The number of hydroxylamine groups is 1. The molecule has 0 fully saturated rings. The van der Waals surface area contributed by atoms with Crippen molar-refractivity contribution in [3.63, 3.8) is 0 Å². The molecular formula is C8H10FNO2. The monoisotopic (exact) mass is 171 g/mol. The zero-order chi connectivity index (χ0) is 9.14. The summed E-state index contributed by atoms with van der Waals surface area (Å²) in [6, 6.07) is 2.60. The molecule has 0 saturated carbocycles. The number of hydrogen-bond acceptors (Lipinski definition) is 3. The highest BCUT2D eigenvalue weighted by atomic mass is 19.1. The molecule has 0 aliphatic carbocycles. The lowest BCUT2D eigenvalue weighted by atomic mass is 10.1. The third kappa shape index (κ3) is 1.72. The molecule has 1 rings (SSSR count). The van der Waals surface area contributed by atoms with Crippen molar-refractivity contribution in [3.05, 3.63) is 29.1 Å². The number of phenols is 1. The fourth-order valence-electron chi connectivity index (χ4n) is 1.04. The molecule has 0 aliphatic heterocycles. The Balaban J connectivity index is 3.09. The van der Waals surface area contributed by atoms with Gasteiger partial charge in [-0.3, -0.25) is 0 Å². The summed E-state index contributed by atoms with van der Waals surface area (Å²) in [5.41, 5.74) is 2.43. The molecule has 0 radical (unpaired) electrons. The lowest BCUT2D eigenvalue weighted by molar-refractivity contribution is 0.160. The fraction of sp³-hybridized carbons (Fsp3) is 0.250. The van der Waals surface area contributed by atoms with Crippen LogP contribution in [-0.4, -0.2) is 10.3 Å². The van der Waals surface area contributed by atoms with Gasteiger partial charge in [-0.1, -0.05) is 0 Å². The molecule has 1 aromatic carbocycles. The normalized spacial score (nSPS) is 10.2. The Morgan fingerprint density at radius 1 is 1.50 bits per heavy atom. The quantitative estimate of drug-likeness (QED) is 0.588. The van der Waals surface area contributed by atoms with Crippen molar-refractivity contribution in [1.82, 2.24) is 5.48 Å². The zero-order valence-electron chi connectivity index (χ0n) is 6.63. The molecule has 3 nitrogen and oxygen atoms in total. The van der Waals surface area contributed by atoms with Gasteiger partial charge in [-0.2, -0.15) is 0 Å². The van der Waals surface area contributed by atoms with Crippen molar-refractivity contribution in [2.45, 2.75) is 13.5 Å². The number of nitrogens with one attached hydrogen (secondary N) is 1. The molecule has 0 heterocycles. The highest BCUT2D eigenvalue weighted by Crippen LogP contribution is 2.19. The Morgan fingerprint density at radius 3 is 2.75 bits per heavy atom. The van der Waals surface area contributed by atoms with Crippen LogP contribution >= 0.6 is 0 Å². The first-order valence-corrected chi connectivity index (χ1v) is 3.50. The number of rotatable bonds is 2. The van der Waals surface area contributed by atoms with Crippen molar-refractivity contribution in [2.75, 3.05) is 0 Å². The van der Waals surface area contributed by atoms with Gasteiger partial charge in [0, 0.05) is 12.1 Å². The second kappa shape index (κ2) is 3.51. The minimum atomic E-state index is -0.408. The van der Waals surface area contributed by atoms with Crippen LogP contribution in [-0.2, 0) is 6.54 Å². The van der Waals surface area contributed by atoms with E-state index in [4.69, 9.17) is 10.3 Å². The van der Waals surface area contributed by atoms with Crippen LogP contribution in [0.15, 0.2) is 12.1 Å². The minimum absolute atomic E-state index is 0.000787. The number of halogens is 1. The van der Waals surface area contributed by atoms with Crippen LogP contribution in [0.25, 0.3) is 0 Å². The summed E-state index contributed by atoms with van der Waals surface area (Å²) < 4.78 is 13.1. The predicted octanol–water partition coefficient (Wildman–Crippen LogP) is 1.32. The van der Waals surface area contributed by atoms with Gasteiger partial charge in [-0.05, 0) is 24.6 Å². The van der Waals surface area contributed by atoms with Gasteiger partial charge >= 0.3 is 0 Å². The smallest absolute Gasteiger partial charge is 0.130 e. The maximum atomic E-state index is 13.1. The first kappa shape index (κ1) is 8.96. The molecule has 1 aromatic rings. The van der Waals surface area contributed by atoms with Gasteiger partial charge in [0.05, 0.1) is 0 Å². The minimum Gasteiger partial charge on any atom is -0.508 e. The van der Waals surface area contributed by atoms with Crippen LogP contribution in [0, 0.1) is 12.7 Å². The molecule has 0 atom stereocenters. The number of hydrogen-bond donors (Lipinski definition) is 3. The van der Waals surface area contributed by atoms with Crippen molar-refractivity contribution < 1.29 is 14.7 Å². The van der Waals surface area contributed by atoms with E-state index in [-0.39, 0.29) is 17.9 Å². The average molecular weight is 171 g/mol. The van der Waals surface area contributed by atoms with Crippen LogP contribution in [0.4, 0.5) is 4.39 Å². The van der Waals surface area contributed by atoms with E-state index < -0.39 is 5.82 Å². The van der Waals surface area contributed by atoms with Gasteiger partial charge in [0.2, 0.25) is 0 Å². The second-order valence-electron chi connectivity index (χ2n) is 2.57. The third-order valence-corrected chi connectivity index (χ3v) is 1.58. The van der Waals surface area contributed by atoms with Crippen LogP contribution < -0.4 is 5.48 Å². The van der Waals surface area contributed by atoms with Crippen LogP contribution in [0.1, 0.15) is 11.1 Å². The molecule has 0 bridgehead atoms. The van der Waals surface area contributed by atoms with Gasteiger partial charge in [-0.15, -0.1) is 0 Å². The fourth-order valence-corrected chi connectivity index (χ4v) is 1.04. The summed E-state index contributed by atoms with van der Waals surface area (Å²) in [4.78, 5) is 0. The van der Waals surface area contributed by atoms with Crippen molar-refractivity contribution in [2.24, 2.45) is 0 Å². The number of aryl methyl sites for hydroxylation is 1. The number of aromatic hydroxyl groups is 1. The Bertz CT molecular complexity index is 289. The molecule has 0 aromatic heterocycles. The number of benzene rings is 1. The molecule has 0 spiro atoms. The van der Waals surface area contributed by atoms with E-state index in [0.29, 0.717) is 5.56 Å². The van der Waals surface area contributed by atoms with Gasteiger partial charge < -0.3 is 10.3 Å². The van der Waals surface area contributed by atoms with Gasteiger partial charge in [-0.25, -0.2) is 9.87 Å². The molecule has 0 aliphatic rings. The Kier molecular flexibility index (Phi) is 2.62. The van der Waals surface area contributed by atoms with Crippen LogP contribution in [0.2, 0.25) is 0 Å². The average Bonchev–Trinajstić information content (AvgIpc) is 2.00. The molecule has 0 amide bonds. The Hall–Kier alpha value is -1.13. The van der Waals surface area contributed by atoms with Crippen molar-refractivity contribution >= 4 is 0 Å². The van der Waals surface area contributed by atoms with E-state index >= 15 is 0 Å². The van der Waals surface area contributed by atoms with Gasteiger partial charge in [0.1, 0.15) is 11.6 Å². The van der Waals surface area contributed by atoms with Gasteiger partial charge in [0.25, 0.3) is 0 Å². The highest BCUT2D eigenvalue weighted by Gasteiger charge is 2.06. The lowest BCUT2D eigenvalue weighted by Gasteiger charge is -2.04. The van der Waals surface area contributed by atoms with Crippen LogP contribution in [0.5, 0.6) is 5.75 Å². The van der Waals surface area contributed by atoms with E-state index in [0.717, 1.165) is 0 Å². The van der Waals surface area contributed by atoms with E-state index in [2.05, 4.69) is 0 Å². The summed E-state index contributed by atoms with van der Waals surface area (Å²) in [5.74, 6) is -0.409. The maximum Gasteiger partial charge on any atom is 0.130 e. The number of phenolic OH excluding ortho intramolecular Hbond substituents is 1. The SMILES string of the molecule is Cc1cc(O)cc(CNO)c1F.